The Kier molecular flexibility index (Phi) is 5.42. The zero-order valence-corrected chi connectivity index (χ0v) is 14.4. The third-order valence-corrected chi connectivity index (χ3v) is 4.15. The predicted octanol–water partition coefficient (Wildman–Crippen LogP) is 3.36. The van der Waals surface area contributed by atoms with Crippen molar-refractivity contribution in [3.05, 3.63) is 24.3 Å². The Hall–Kier alpha value is -2.30. The Morgan fingerprint density at radius 1 is 1.48 bits per heavy atom. The van der Waals surface area contributed by atoms with Gasteiger partial charge in [0.05, 0.1) is 25.0 Å². The minimum atomic E-state index is 0.00790. The van der Waals surface area contributed by atoms with Gasteiger partial charge in [-0.15, -0.1) is 0 Å². The Labute approximate surface area is 138 Å². The average molecular weight is 315 g/mol. The molecule has 1 aromatic carbocycles. The normalized spacial score (nSPS) is 14.3. The molecule has 1 aliphatic heterocycles. The Morgan fingerprint density at radius 3 is 2.83 bits per heavy atom. The number of methoxy groups -OCH3 is 1. The summed E-state index contributed by atoms with van der Waals surface area (Å²) in [4.78, 5) is 18.3. The smallest absolute Gasteiger partial charge is 0.243 e. The van der Waals surface area contributed by atoms with Gasteiger partial charge in [-0.25, -0.2) is 0 Å². The van der Waals surface area contributed by atoms with E-state index in [1.54, 1.807) is 14.2 Å². The van der Waals surface area contributed by atoms with Gasteiger partial charge >= 0.3 is 0 Å². The summed E-state index contributed by atoms with van der Waals surface area (Å²) in [5.74, 6) is 0.697. The number of unbranched alkanes of at least 4 members (excludes halogenated alkanes) is 1. The van der Waals surface area contributed by atoms with Gasteiger partial charge in [-0.2, -0.15) is 0 Å². The number of aliphatic imine (C=N–C) groups is 1. The van der Waals surface area contributed by atoms with Crippen LogP contribution in [0.1, 0.15) is 32.3 Å². The number of carbonyl (C=O) groups is 1. The number of hydrogen-bond donors (Lipinski definition) is 1. The lowest BCUT2D eigenvalue weighted by atomic mass is 9.99. The van der Waals surface area contributed by atoms with Gasteiger partial charge < -0.3 is 15.0 Å². The molecule has 0 saturated heterocycles. The summed E-state index contributed by atoms with van der Waals surface area (Å²) >= 11 is 0. The van der Waals surface area contributed by atoms with Crippen LogP contribution in [0.2, 0.25) is 0 Å². The van der Waals surface area contributed by atoms with Gasteiger partial charge in [0, 0.05) is 30.9 Å². The second-order valence-corrected chi connectivity index (χ2v) is 5.68. The van der Waals surface area contributed by atoms with E-state index in [4.69, 9.17) is 4.74 Å². The van der Waals surface area contributed by atoms with Crippen LogP contribution in [0.5, 0.6) is 5.75 Å². The number of amides is 1. The van der Waals surface area contributed by atoms with Gasteiger partial charge in [-0.05, 0) is 25.0 Å². The van der Waals surface area contributed by atoms with E-state index >= 15 is 0 Å². The van der Waals surface area contributed by atoms with Crippen LogP contribution >= 0.6 is 0 Å². The standard InChI is InChI=1S/C18H25N3O2/c1-6-7-8-21-11-18(22)20-15-10-17(23-5)14(9-16(15)21)12(2)13(3)19-4/h9-10H,2,6-8,11H2,1,3-5H3,(H,20,22). The summed E-state index contributed by atoms with van der Waals surface area (Å²) in [6.07, 6.45) is 2.13. The van der Waals surface area contributed by atoms with Crippen molar-refractivity contribution in [3.8, 4) is 5.75 Å². The Morgan fingerprint density at radius 2 is 2.22 bits per heavy atom. The summed E-state index contributed by atoms with van der Waals surface area (Å²) in [5.41, 5.74) is 4.41. The first-order chi connectivity index (χ1) is 11.0. The van der Waals surface area contributed by atoms with Crippen LogP contribution in [-0.2, 0) is 4.79 Å². The third kappa shape index (κ3) is 3.55. The largest absolute Gasteiger partial charge is 0.496 e. The van der Waals surface area contributed by atoms with Gasteiger partial charge in [0.15, 0.2) is 0 Å². The highest BCUT2D eigenvalue weighted by atomic mass is 16.5. The molecule has 1 N–H and O–H groups in total. The van der Waals surface area contributed by atoms with Crippen molar-refractivity contribution in [2.45, 2.75) is 26.7 Å². The number of rotatable bonds is 6. The van der Waals surface area contributed by atoms with Gasteiger partial charge in [0.25, 0.3) is 0 Å². The van der Waals surface area contributed by atoms with E-state index in [2.05, 4.69) is 28.7 Å². The summed E-state index contributed by atoms with van der Waals surface area (Å²) in [7, 11) is 3.37. The van der Waals surface area contributed by atoms with Crippen molar-refractivity contribution in [2.75, 3.05) is 37.5 Å². The maximum Gasteiger partial charge on any atom is 0.243 e. The van der Waals surface area contributed by atoms with Gasteiger partial charge in [-0.1, -0.05) is 19.9 Å². The number of nitrogens with one attached hydrogen (secondary N) is 1. The molecule has 1 aliphatic rings. The second-order valence-electron chi connectivity index (χ2n) is 5.68. The topological polar surface area (TPSA) is 53.9 Å². The van der Waals surface area contributed by atoms with Gasteiger partial charge in [-0.3, -0.25) is 9.79 Å². The highest BCUT2D eigenvalue weighted by molar-refractivity contribution is 6.23. The lowest BCUT2D eigenvalue weighted by Crippen LogP contribution is -2.38. The fourth-order valence-electron chi connectivity index (χ4n) is 2.66. The quantitative estimate of drug-likeness (QED) is 0.819. The first-order valence-corrected chi connectivity index (χ1v) is 7.91. The summed E-state index contributed by atoms with van der Waals surface area (Å²) in [6.45, 7) is 9.45. The molecule has 0 radical (unpaired) electrons. The molecule has 0 atom stereocenters. The molecule has 0 aromatic heterocycles. The van der Waals surface area contributed by atoms with Gasteiger partial charge in [0.2, 0.25) is 5.91 Å². The minimum Gasteiger partial charge on any atom is -0.496 e. The van der Waals surface area contributed by atoms with Crippen molar-refractivity contribution < 1.29 is 9.53 Å². The first-order valence-electron chi connectivity index (χ1n) is 7.91. The van der Waals surface area contributed by atoms with Crippen molar-refractivity contribution in [3.63, 3.8) is 0 Å². The maximum atomic E-state index is 11.9. The molecular weight excluding hydrogens is 290 g/mol. The molecule has 5 nitrogen and oxygen atoms in total. The molecule has 0 fully saturated rings. The molecular formula is C18H25N3O2. The number of allylic oxidation sites excluding steroid dienone is 1. The molecule has 1 heterocycles. The van der Waals surface area contributed by atoms with Crippen LogP contribution in [0, 0.1) is 0 Å². The Bertz CT molecular complexity index is 650. The van der Waals surface area contributed by atoms with E-state index < -0.39 is 0 Å². The Balaban J connectivity index is 2.50. The predicted molar refractivity (Wildman–Crippen MR) is 96.8 cm³/mol. The lowest BCUT2D eigenvalue weighted by molar-refractivity contribution is -0.115. The highest BCUT2D eigenvalue weighted by Gasteiger charge is 2.24. The number of hydrogen-bond acceptors (Lipinski definition) is 4. The second kappa shape index (κ2) is 7.31. The fourth-order valence-corrected chi connectivity index (χ4v) is 2.66. The van der Waals surface area contributed by atoms with E-state index in [0.717, 1.165) is 47.6 Å². The molecule has 1 aromatic rings. The average Bonchev–Trinajstić information content (AvgIpc) is 2.56. The number of carbonyl (C=O) groups excluding carboxylic acids is 1. The number of anilines is 2. The maximum absolute atomic E-state index is 11.9. The summed E-state index contributed by atoms with van der Waals surface area (Å²) < 4.78 is 5.49. The van der Waals surface area contributed by atoms with E-state index in [1.165, 1.54) is 0 Å². The zero-order valence-electron chi connectivity index (χ0n) is 14.4. The van der Waals surface area contributed by atoms with Crippen LogP contribution in [0.4, 0.5) is 11.4 Å². The summed E-state index contributed by atoms with van der Waals surface area (Å²) in [6, 6.07) is 3.91. The van der Waals surface area contributed by atoms with Crippen LogP contribution in [0.15, 0.2) is 23.7 Å². The summed E-state index contributed by atoms with van der Waals surface area (Å²) in [5, 5.41) is 2.93. The monoisotopic (exact) mass is 315 g/mol. The van der Waals surface area contributed by atoms with Crippen molar-refractivity contribution in [1.29, 1.82) is 0 Å². The van der Waals surface area contributed by atoms with E-state index in [-0.39, 0.29) is 5.91 Å². The molecule has 0 saturated carbocycles. The van der Waals surface area contributed by atoms with Crippen molar-refractivity contribution in [1.82, 2.24) is 0 Å². The lowest BCUT2D eigenvalue weighted by Gasteiger charge is -2.32. The number of nitrogens with zero attached hydrogens (tertiary/aromatic N) is 2. The molecule has 0 spiro atoms. The molecule has 0 bridgehead atoms. The third-order valence-electron chi connectivity index (χ3n) is 4.15. The molecule has 2 rings (SSSR count). The SMILES string of the molecule is C=C(C(C)=NC)c1cc2c(cc1OC)NC(=O)CN2CCCC. The van der Waals surface area contributed by atoms with Crippen LogP contribution in [0.25, 0.3) is 5.57 Å². The van der Waals surface area contributed by atoms with Crippen molar-refractivity contribution in [2.24, 2.45) is 4.99 Å². The van der Waals surface area contributed by atoms with E-state index in [9.17, 15) is 4.79 Å². The molecule has 124 valence electrons. The van der Waals surface area contributed by atoms with Crippen LogP contribution in [-0.4, -0.2) is 38.9 Å². The molecule has 1 amide bonds. The molecule has 0 aliphatic carbocycles. The first kappa shape index (κ1) is 17.1. The molecule has 5 heteroatoms. The van der Waals surface area contributed by atoms with Gasteiger partial charge in [0.1, 0.15) is 5.75 Å². The molecule has 23 heavy (non-hydrogen) atoms. The fraction of sp³-hybridized carbons (Fsp3) is 0.444. The van der Waals surface area contributed by atoms with E-state index in [1.807, 2.05) is 19.1 Å². The number of ether oxygens (including phenoxy) is 1. The molecule has 0 unspecified atom stereocenters. The van der Waals surface area contributed by atoms with E-state index in [0.29, 0.717) is 12.3 Å². The minimum absolute atomic E-state index is 0.00790. The van der Waals surface area contributed by atoms with Crippen molar-refractivity contribution >= 4 is 28.6 Å². The number of fused-ring (bicyclic) bond motifs is 1. The zero-order chi connectivity index (χ0) is 17.0. The number of benzene rings is 1. The highest BCUT2D eigenvalue weighted by Crippen LogP contribution is 2.38. The van der Waals surface area contributed by atoms with Crippen LogP contribution in [0.3, 0.4) is 0 Å². The van der Waals surface area contributed by atoms with Crippen LogP contribution < -0.4 is 15.0 Å².